The van der Waals surface area contributed by atoms with Gasteiger partial charge in [-0.2, -0.15) is 0 Å². The Bertz CT molecular complexity index is 795. The molecule has 2 fully saturated rings. The summed E-state index contributed by atoms with van der Waals surface area (Å²) in [7, 11) is -3.87. The van der Waals surface area contributed by atoms with E-state index in [1.807, 2.05) is 6.92 Å². The zero-order valence-corrected chi connectivity index (χ0v) is 17.3. The van der Waals surface area contributed by atoms with Gasteiger partial charge in [0.25, 0.3) is 0 Å². The number of fused-ring (bicyclic) bond motifs is 1. The zero-order valence-electron chi connectivity index (χ0n) is 14.5. The summed E-state index contributed by atoms with van der Waals surface area (Å²) < 4.78 is 25.2. The van der Waals surface area contributed by atoms with Crippen LogP contribution in [0, 0.1) is 0 Å². The molecule has 0 aromatic carbocycles. The molecule has 0 radical (unpaired) electrons. The zero-order chi connectivity index (χ0) is 17.7. The Kier molecular flexibility index (Phi) is 5.68. The van der Waals surface area contributed by atoms with Gasteiger partial charge in [0.15, 0.2) is 9.84 Å². The van der Waals surface area contributed by atoms with Crippen LogP contribution >= 0.6 is 0 Å². The topological polar surface area (TPSA) is 125 Å². The van der Waals surface area contributed by atoms with Gasteiger partial charge >= 0.3 is 29.6 Å². The number of carboxylic acids is 1. The molecule has 3 atom stereocenters. The molecule has 9 nitrogen and oxygen atoms in total. The minimum absolute atomic E-state index is 0. The first-order valence-corrected chi connectivity index (χ1v) is 9.41. The number of aliphatic carboxylic acids is 1. The number of amides is 1. The van der Waals surface area contributed by atoms with Crippen molar-refractivity contribution in [2.45, 2.75) is 62.2 Å². The van der Waals surface area contributed by atoms with Crippen molar-refractivity contribution in [2.24, 2.45) is 0 Å². The van der Waals surface area contributed by atoms with E-state index in [2.05, 4.69) is 10.3 Å². The third-order valence-electron chi connectivity index (χ3n) is 4.88. The predicted octanol–water partition coefficient (Wildman–Crippen LogP) is -4.51. The molecule has 0 bridgehead atoms. The smallest absolute Gasteiger partial charge is 0.548 e. The van der Waals surface area contributed by atoms with Crippen LogP contribution in [0.3, 0.4) is 0 Å². The Hall–Kier alpha value is -0.970. The van der Waals surface area contributed by atoms with Crippen molar-refractivity contribution in [1.82, 2.24) is 19.9 Å². The number of nitrogens with zero attached hydrogens (tertiary/aromatic N) is 4. The molecule has 25 heavy (non-hydrogen) atoms. The number of rotatable bonds is 6. The molecule has 3 heterocycles. The van der Waals surface area contributed by atoms with Crippen LogP contribution in [-0.2, 0) is 32.4 Å². The van der Waals surface area contributed by atoms with E-state index >= 15 is 0 Å². The number of β-lactam (4-membered cyclic amide) rings is 1. The first-order valence-electron chi connectivity index (χ1n) is 7.87. The van der Waals surface area contributed by atoms with E-state index in [1.165, 1.54) is 11.6 Å². The number of sulfone groups is 1. The van der Waals surface area contributed by atoms with Gasteiger partial charge in [0.05, 0.1) is 30.7 Å². The maximum absolute atomic E-state index is 12.8. The van der Waals surface area contributed by atoms with Gasteiger partial charge in [-0.05, 0) is 19.8 Å². The van der Waals surface area contributed by atoms with E-state index in [1.54, 1.807) is 6.20 Å². The second-order valence-corrected chi connectivity index (χ2v) is 9.12. The summed E-state index contributed by atoms with van der Waals surface area (Å²) in [5, 5.41) is 18.4. The summed E-state index contributed by atoms with van der Waals surface area (Å²) in [6.07, 6.45) is 4.09. The van der Waals surface area contributed by atoms with Crippen LogP contribution in [0.2, 0.25) is 0 Å². The fourth-order valence-corrected chi connectivity index (χ4v) is 5.84. The number of aryl methyl sites for hydroxylation is 1. The van der Waals surface area contributed by atoms with Gasteiger partial charge < -0.3 is 14.8 Å². The van der Waals surface area contributed by atoms with Crippen LogP contribution in [-0.4, -0.2) is 56.4 Å². The molecule has 1 aromatic heterocycles. The maximum atomic E-state index is 12.8. The van der Waals surface area contributed by atoms with Crippen LogP contribution in [0.15, 0.2) is 6.20 Å². The third kappa shape index (κ3) is 3.02. The summed E-state index contributed by atoms with van der Waals surface area (Å²) in [5.74, 6) is -2.05. The van der Waals surface area contributed by atoms with E-state index in [0.717, 1.165) is 29.9 Å². The Morgan fingerprint density at radius 2 is 2.16 bits per heavy atom. The molecule has 2 saturated heterocycles. The Labute approximate surface area is 168 Å². The van der Waals surface area contributed by atoms with Crippen LogP contribution in [0.4, 0.5) is 0 Å². The fraction of sp³-hybridized carbons (Fsp3) is 0.714. The second-order valence-electron chi connectivity index (χ2n) is 6.55. The first kappa shape index (κ1) is 20.3. The Morgan fingerprint density at radius 1 is 1.48 bits per heavy atom. The standard InChI is InChI=1S/C14H20N4O5S.Na/c1-3-4-5-9-7-17(16-15-9)8-14(2)12(13(20)21)18-10(19)6-11(18)24(14,22)23;/h7,11-12H,3-6,8H2,1-2H3,(H,20,21);/q;+1/p-1/t11-,12+,14+;/m1./s1. The van der Waals surface area contributed by atoms with Crippen LogP contribution in [0.5, 0.6) is 0 Å². The molecule has 2 aliphatic heterocycles. The molecule has 1 aromatic rings. The molecule has 0 aliphatic carbocycles. The van der Waals surface area contributed by atoms with Gasteiger partial charge in [-0.25, -0.2) is 8.42 Å². The molecule has 3 rings (SSSR count). The predicted molar refractivity (Wildman–Crippen MR) is 80.0 cm³/mol. The van der Waals surface area contributed by atoms with Crippen molar-refractivity contribution in [2.75, 3.05) is 0 Å². The molecule has 0 unspecified atom stereocenters. The van der Waals surface area contributed by atoms with Crippen molar-refractivity contribution in [3.63, 3.8) is 0 Å². The number of aromatic nitrogens is 3. The Morgan fingerprint density at radius 3 is 2.72 bits per heavy atom. The van der Waals surface area contributed by atoms with Gasteiger partial charge in [-0.3, -0.25) is 9.48 Å². The third-order valence-corrected chi connectivity index (χ3v) is 7.65. The number of hydrogen-bond donors (Lipinski definition) is 0. The molecule has 132 valence electrons. The molecule has 0 spiro atoms. The minimum atomic E-state index is -3.87. The van der Waals surface area contributed by atoms with Gasteiger partial charge in [-0.15, -0.1) is 5.10 Å². The van der Waals surface area contributed by atoms with Gasteiger partial charge in [0.2, 0.25) is 5.91 Å². The minimum Gasteiger partial charge on any atom is -0.548 e. The van der Waals surface area contributed by atoms with Crippen molar-refractivity contribution in [1.29, 1.82) is 0 Å². The molecule has 11 heteroatoms. The van der Waals surface area contributed by atoms with E-state index in [-0.39, 0.29) is 42.5 Å². The van der Waals surface area contributed by atoms with Gasteiger partial charge in [-0.1, -0.05) is 18.6 Å². The monoisotopic (exact) mass is 378 g/mol. The molecule has 0 N–H and O–H groups in total. The molecule has 2 aliphatic rings. The summed E-state index contributed by atoms with van der Waals surface area (Å²) in [6, 6.07) is -1.52. The van der Waals surface area contributed by atoms with Crippen molar-refractivity contribution >= 4 is 21.7 Å². The summed E-state index contributed by atoms with van der Waals surface area (Å²) in [4.78, 5) is 24.2. The van der Waals surface area contributed by atoms with Crippen molar-refractivity contribution in [3.05, 3.63) is 11.9 Å². The number of unbranched alkanes of at least 4 members (excludes halogenated alkanes) is 1. The van der Waals surface area contributed by atoms with E-state index in [4.69, 9.17) is 0 Å². The SMILES string of the molecule is CCCCc1cn(C[C@@]2(C)[C@H](C(=O)[O-])N3C(=O)C[C@H]3S2(=O)=O)nn1.[Na+]. The van der Waals surface area contributed by atoms with Crippen LogP contribution in [0.1, 0.15) is 38.8 Å². The number of carboxylic acid groups (broad SMARTS) is 1. The molecular weight excluding hydrogens is 359 g/mol. The van der Waals surface area contributed by atoms with Gasteiger partial charge in [0, 0.05) is 6.20 Å². The van der Waals surface area contributed by atoms with E-state index < -0.39 is 37.9 Å². The maximum Gasteiger partial charge on any atom is 1.00 e. The van der Waals surface area contributed by atoms with Crippen molar-refractivity contribution < 1.29 is 52.7 Å². The van der Waals surface area contributed by atoms with Crippen LogP contribution < -0.4 is 34.7 Å². The summed E-state index contributed by atoms with van der Waals surface area (Å²) in [6.45, 7) is 3.19. The fourth-order valence-electron chi connectivity index (χ4n) is 3.48. The molecule has 0 saturated carbocycles. The summed E-state index contributed by atoms with van der Waals surface area (Å²) >= 11 is 0. The average molecular weight is 378 g/mol. The van der Waals surface area contributed by atoms with Gasteiger partial charge in [0.1, 0.15) is 10.1 Å². The second kappa shape index (κ2) is 6.98. The summed E-state index contributed by atoms with van der Waals surface area (Å²) in [5.41, 5.74) is 0.722. The number of carbonyl (C=O) groups excluding carboxylic acids is 2. The quantitative estimate of drug-likeness (QED) is 0.361. The number of carbonyl (C=O) groups is 2. The van der Waals surface area contributed by atoms with E-state index in [0.29, 0.717) is 0 Å². The molecule has 1 amide bonds. The largest absolute Gasteiger partial charge is 1.00 e. The first-order chi connectivity index (χ1) is 11.2. The normalized spacial score (nSPS) is 29.7. The number of hydrogen-bond acceptors (Lipinski definition) is 7. The van der Waals surface area contributed by atoms with Crippen molar-refractivity contribution in [3.8, 4) is 0 Å². The Balaban J connectivity index is 0.00000225. The molecular formula is C14H19N4NaO5S. The van der Waals surface area contributed by atoms with E-state index in [9.17, 15) is 23.1 Å². The van der Waals surface area contributed by atoms with Crippen LogP contribution in [0.25, 0.3) is 0 Å². The average Bonchev–Trinajstić information content (AvgIpc) is 2.98.